The molecule has 1 heterocycles. The summed E-state index contributed by atoms with van der Waals surface area (Å²) < 4.78 is 24.2. The van der Waals surface area contributed by atoms with Crippen LogP contribution < -0.4 is 14.4 Å². The monoisotopic (exact) mass is 418 g/mol. The van der Waals surface area contributed by atoms with Crippen LogP contribution in [0.4, 0.5) is 10.1 Å². The van der Waals surface area contributed by atoms with Crippen LogP contribution in [0.1, 0.15) is 22.8 Å². The maximum Gasteiger partial charge on any atom is 0.311 e. The number of amides is 1. The lowest BCUT2D eigenvalue weighted by molar-refractivity contribution is -0.917. The number of rotatable bonds is 7. The number of methoxy groups -OCH3 is 1. The van der Waals surface area contributed by atoms with Crippen molar-refractivity contribution in [3.8, 4) is 11.5 Å². The van der Waals surface area contributed by atoms with E-state index in [1.807, 2.05) is 0 Å². The highest BCUT2D eigenvalue weighted by Gasteiger charge is 2.27. The predicted molar refractivity (Wildman–Crippen MR) is 108 cm³/mol. The molecule has 2 aromatic rings. The Morgan fingerprint density at radius 1 is 1.20 bits per heavy atom. The number of benzene rings is 2. The molecule has 160 valence electrons. The molecule has 3 rings (SSSR count). The van der Waals surface area contributed by atoms with Gasteiger partial charge in [-0.3, -0.25) is 14.9 Å². The number of quaternary nitrogens is 1. The summed E-state index contributed by atoms with van der Waals surface area (Å²) in [7, 11) is 1.55. The van der Waals surface area contributed by atoms with Gasteiger partial charge < -0.3 is 19.3 Å². The van der Waals surface area contributed by atoms with Crippen LogP contribution in [0.25, 0.3) is 0 Å². The van der Waals surface area contributed by atoms with Gasteiger partial charge in [0.1, 0.15) is 18.1 Å². The molecule has 1 aliphatic rings. The molecule has 1 N–H and O–H groups in total. The SMILES string of the molecule is CCOc1ccc(C(=O)N2CC[NH+](Cc3cc(F)ccc3OC)CC2)cc1[N+](=O)[O-]. The summed E-state index contributed by atoms with van der Waals surface area (Å²) in [6, 6.07) is 8.74. The van der Waals surface area contributed by atoms with Crippen molar-refractivity contribution in [1.82, 2.24) is 4.90 Å². The van der Waals surface area contributed by atoms with Gasteiger partial charge >= 0.3 is 5.69 Å². The van der Waals surface area contributed by atoms with E-state index in [-0.39, 0.29) is 28.7 Å². The predicted octanol–water partition coefficient (Wildman–Crippen LogP) is 1.68. The van der Waals surface area contributed by atoms with Crippen molar-refractivity contribution in [1.29, 1.82) is 0 Å². The Hall–Kier alpha value is -3.20. The minimum atomic E-state index is -0.545. The average molecular weight is 418 g/mol. The van der Waals surface area contributed by atoms with E-state index in [4.69, 9.17) is 9.47 Å². The van der Waals surface area contributed by atoms with E-state index < -0.39 is 4.92 Å². The van der Waals surface area contributed by atoms with E-state index >= 15 is 0 Å². The van der Waals surface area contributed by atoms with Gasteiger partial charge in [0.15, 0.2) is 5.75 Å². The van der Waals surface area contributed by atoms with Gasteiger partial charge in [0, 0.05) is 11.6 Å². The first-order valence-electron chi connectivity index (χ1n) is 9.79. The third-order valence-electron chi connectivity index (χ3n) is 5.14. The van der Waals surface area contributed by atoms with Crippen molar-refractivity contribution in [3.05, 3.63) is 63.5 Å². The van der Waals surface area contributed by atoms with Crippen LogP contribution in [-0.4, -0.2) is 55.6 Å². The fourth-order valence-electron chi connectivity index (χ4n) is 3.61. The molecule has 1 aliphatic heterocycles. The fraction of sp³-hybridized carbons (Fsp3) is 0.381. The lowest BCUT2D eigenvalue weighted by atomic mass is 10.1. The summed E-state index contributed by atoms with van der Waals surface area (Å²) in [6.07, 6.45) is 0. The topological polar surface area (TPSA) is 86.3 Å². The Balaban J connectivity index is 1.65. The first-order chi connectivity index (χ1) is 14.4. The molecule has 0 saturated carbocycles. The highest BCUT2D eigenvalue weighted by Crippen LogP contribution is 2.28. The van der Waals surface area contributed by atoms with Gasteiger partial charge in [0.05, 0.1) is 50.4 Å². The van der Waals surface area contributed by atoms with E-state index in [0.717, 1.165) is 5.56 Å². The smallest absolute Gasteiger partial charge is 0.311 e. The minimum Gasteiger partial charge on any atom is -0.496 e. The molecular formula is C21H25FN3O5+. The molecule has 0 aliphatic carbocycles. The zero-order valence-corrected chi connectivity index (χ0v) is 17.0. The van der Waals surface area contributed by atoms with Gasteiger partial charge in [-0.1, -0.05) is 0 Å². The molecule has 0 bridgehead atoms. The number of nitro groups is 1. The van der Waals surface area contributed by atoms with Gasteiger partial charge in [0.25, 0.3) is 5.91 Å². The van der Waals surface area contributed by atoms with Crippen LogP contribution in [0, 0.1) is 15.9 Å². The van der Waals surface area contributed by atoms with E-state index in [0.29, 0.717) is 45.1 Å². The van der Waals surface area contributed by atoms with E-state index in [1.54, 1.807) is 31.1 Å². The number of carbonyl (C=O) groups is 1. The normalized spacial score (nSPS) is 14.4. The largest absolute Gasteiger partial charge is 0.496 e. The van der Waals surface area contributed by atoms with Crippen LogP contribution in [-0.2, 0) is 6.54 Å². The van der Waals surface area contributed by atoms with E-state index in [2.05, 4.69) is 0 Å². The summed E-state index contributed by atoms with van der Waals surface area (Å²) >= 11 is 0. The highest BCUT2D eigenvalue weighted by molar-refractivity contribution is 5.95. The number of ether oxygens (including phenoxy) is 2. The van der Waals surface area contributed by atoms with Crippen LogP contribution in [0.5, 0.6) is 11.5 Å². The van der Waals surface area contributed by atoms with E-state index in [9.17, 15) is 19.3 Å². The Labute approximate surface area is 173 Å². The molecular weight excluding hydrogens is 393 g/mol. The molecule has 0 aromatic heterocycles. The quantitative estimate of drug-likeness (QED) is 0.546. The van der Waals surface area contributed by atoms with Gasteiger partial charge in [-0.25, -0.2) is 4.39 Å². The number of nitrogens with one attached hydrogen (secondary N) is 1. The maximum absolute atomic E-state index is 13.6. The molecule has 9 heteroatoms. The first-order valence-corrected chi connectivity index (χ1v) is 9.79. The van der Waals surface area contributed by atoms with Gasteiger partial charge in [-0.05, 0) is 37.3 Å². The summed E-state index contributed by atoms with van der Waals surface area (Å²) in [4.78, 5) is 26.5. The number of halogens is 1. The number of hydrogen-bond donors (Lipinski definition) is 1. The molecule has 0 spiro atoms. The van der Waals surface area contributed by atoms with Gasteiger partial charge in [-0.15, -0.1) is 0 Å². The van der Waals surface area contributed by atoms with Crippen molar-refractivity contribution in [2.75, 3.05) is 39.9 Å². The number of piperazine rings is 1. The molecule has 30 heavy (non-hydrogen) atoms. The first kappa shape index (κ1) is 21.5. The second-order valence-electron chi connectivity index (χ2n) is 7.05. The third kappa shape index (κ3) is 4.85. The molecule has 0 radical (unpaired) electrons. The van der Waals surface area contributed by atoms with Crippen LogP contribution in [0.15, 0.2) is 36.4 Å². The maximum atomic E-state index is 13.6. The molecule has 1 amide bonds. The number of hydrogen-bond acceptors (Lipinski definition) is 5. The zero-order chi connectivity index (χ0) is 21.7. The minimum absolute atomic E-state index is 0.150. The molecule has 8 nitrogen and oxygen atoms in total. The summed E-state index contributed by atoms with van der Waals surface area (Å²) in [5.74, 6) is 0.237. The molecule has 1 fully saturated rings. The lowest BCUT2D eigenvalue weighted by Crippen LogP contribution is -3.13. The molecule has 1 saturated heterocycles. The van der Waals surface area contributed by atoms with E-state index in [1.165, 1.54) is 29.2 Å². The van der Waals surface area contributed by atoms with Crippen LogP contribution in [0.3, 0.4) is 0 Å². The summed E-state index contributed by atoms with van der Waals surface area (Å²) in [5, 5.41) is 11.3. The Morgan fingerprint density at radius 3 is 2.53 bits per heavy atom. The number of nitrogens with zero attached hydrogens (tertiary/aromatic N) is 2. The highest BCUT2D eigenvalue weighted by atomic mass is 19.1. The van der Waals surface area contributed by atoms with Crippen molar-refractivity contribution >= 4 is 11.6 Å². The Morgan fingerprint density at radius 2 is 1.90 bits per heavy atom. The Kier molecular flexibility index (Phi) is 6.83. The second kappa shape index (κ2) is 9.53. The third-order valence-corrected chi connectivity index (χ3v) is 5.14. The van der Waals surface area contributed by atoms with Gasteiger partial charge in [0.2, 0.25) is 0 Å². The zero-order valence-electron chi connectivity index (χ0n) is 17.0. The number of carbonyl (C=O) groups excluding carboxylic acids is 1. The summed E-state index contributed by atoms with van der Waals surface area (Å²) in [6.45, 7) is 5.02. The molecule has 0 atom stereocenters. The van der Waals surface area contributed by atoms with Gasteiger partial charge in [-0.2, -0.15) is 0 Å². The standard InChI is InChI=1S/C21H24FN3O5/c1-3-30-20-6-4-15(13-18(20)25(27)28)21(26)24-10-8-23(9-11-24)14-16-12-17(22)5-7-19(16)29-2/h4-7,12-13H,3,8-11,14H2,1-2H3/p+1. The van der Waals surface area contributed by atoms with Crippen molar-refractivity contribution in [2.45, 2.75) is 13.5 Å². The molecule has 2 aromatic carbocycles. The summed E-state index contributed by atoms with van der Waals surface area (Å²) in [5.41, 5.74) is 0.833. The van der Waals surface area contributed by atoms with Crippen LogP contribution in [0.2, 0.25) is 0 Å². The van der Waals surface area contributed by atoms with Crippen LogP contribution >= 0.6 is 0 Å². The Bertz CT molecular complexity index is 929. The fourth-order valence-corrected chi connectivity index (χ4v) is 3.61. The van der Waals surface area contributed by atoms with Crippen molar-refractivity contribution in [3.63, 3.8) is 0 Å². The molecule has 0 unspecified atom stereocenters. The average Bonchev–Trinajstić information content (AvgIpc) is 2.74. The van der Waals surface area contributed by atoms with Crippen molar-refractivity contribution < 1.29 is 28.5 Å². The second-order valence-corrected chi connectivity index (χ2v) is 7.05. The van der Waals surface area contributed by atoms with Crippen molar-refractivity contribution in [2.24, 2.45) is 0 Å². The number of nitro benzene ring substituents is 1. The lowest BCUT2D eigenvalue weighted by Gasteiger charge is -2.32.